The summed E-state index contributed by atoms with van der Waals surface area (Å²) in [6, 6.07) is 7.11. The van der Waals surface area contributed by atoms with Gasteiger partial charge >= 0.3 is 0 Å². The number of nitrogens with zero attached hydrogens (tertiary/aromatic N) is 4. The van der Waals surface area contributed by atoms with Crippen LogP contribution in [0.4, 0.5) is 0 Å². The van der Waals surface area contributed by atoms with Crippen molar-refractivity contribution in [3.05, 3.63) is 54.1 Å². The highest BCUT2D eigenvalue weighted by Crippen LogP contribution is 2.17. The smallest absolute Gasteiger partial charge is 0.291 e. The van der Waals surface area contributed by atoms with Crippen LogP contribution in [-0.4, -0.2) is 69.6 Å². The number of ether oxygens (including phenoxy) is 1. The summed E-state index contributed by atoms with van der Waals surface area (Å²) in [5.74, 6) is 0.576. The molecule has 8 heteroatoms. The van der Waals surface area contributed by atoms with Crippen LogP contribution in [0.2, 0.25) is 0 Å². The van der Waals surface area contributed by atoms with Crippen LogP contribution in [0.5, 0.6) is 5.75 Å². The predicted molar refractivity (Wildman–Crippen MR) is 94.9 cm³/mol. The Labute approximate surface area is 151 Å². The lowest BCUT2D eigenvalue weighted by atomic mass is 10.1. The van der Waals surface area contributed by atoms with Crippen molar-refractivity contribution in [2.75, 3.05) is 32.8 Å². The van der Waals surface area contributed by atoms with Crippen molar-refractivity contribution in [1.82, 2.24) is 25.0 Å². The Balaban J connectivity index is 1.59. The van der Waals surface area contributed by atoms with E-state index in [2.05, 4.69) is 21.8 Å². The molecular weight excluding hydrogens is 334 g/mol. The van der Waals surface area contributed by atoms with Crippen LogP contribution in [0.1, 0.15) is 27.9 Å². The van der Waals surface area contributed by atoms with Crippen molar-refractivity contribution in [1.29, 1.82) is 0 Å². The Bertz CT molecular complexity index is 795. The number of amides is 2. The second-order valence-corrected chi connectivity index (χ2v) is 6.19. The Kier molecular flexibility index (Phi) is 5.31. The average Bonchev–Trinajstić information content (AvgIpc) is 3.20. The van der Waals surface area contributed by atoms with Gasteiger partial charge in [-0.25, -0.2) is 4.98 Å². The minimum absolute atomic E-state index is 0.0717. The third-order valence-corrected chi connectivity index (χ3v) is 4.04. The summed E-state index contributed by atoms with van der Waals surface area (Å²) in [4.78, 5) is 32.2. The molecule has 2 heterocycles. The molecule has 0 radical (unpaired) electrons. The second kappa shape index (κ2) is 7.81. The van der Waals surface area contributed by atoms with E-state index < -0.39 is 0 Å². The first-order valence-corrected chi connectivity index (χ1v) is 8.36. The van der Waals surface area contributed by atoms with E-state index in [1.807, 2.05) is 13.0 Å². The van der Waals surface area contributed by atoms with Crippen LogP contribution in [0.15, 0.2) is 42.7 Å². The molecule has 0 unspecified atom stereocenters. The number of hydrogen-bond donors (Lipinski definition) is 1. The van der Waals surface area contributed by atoms with E-state index in [0.717, 1.165) is 5.57 Å². The summed E-state index contributed by atoms with van der Waals surface area (Å²) in [5, 5.41) is 6.26. The highest BCUT2D eigenvalue weighted by molar-refractivity contribution is 5.95. The van der Waals surface area contributed by atoms with Crippen molar-refractivity contribution >= 4 is 11.8 Å². The SMILES string of the molecule is C=C(C)COc1cccc(C(=O)N2CCN(C(=O)c3ncn[nH]3)CC2)c1. The van der Waals surface area contributed by atoms with E-state index in [1.165, 1.54) is 6.33 Å². The molecule has 1 aromatic heterocycles. The summed E-state index contributed by atoms with van der Waals surface area (Å²) in [7, 11) is 0. The van der Waals surface area contributed by atoms with Crippen LogP contribution in [0.25, 0.3) is 0 Å². The van der Waals surface area contributed by atoms with E-state index in [9.17, 15) is 9.59 Å². The Hall–Kier alpha value is -3.16. The van der Waals surface area contributed by atoms with Gasteiger partial charge in [0.15, 0.2) is 0 Å². The molecule has 0 bridgehead atoms. The Morgan fingerprint density at radius 1 is 1.19 bits per heavy atom. The van der Waals surface area contributed by atoms with Crippen LogP contribution in [0, 0.1) is 0 Å². The third-order valence-electron chi connectivity index (χ3n) is 4.04. The predicted octanol–water partition coefficient (Wildman–Crippen LogP) is 1.36. The number of piperazine rings is 1. The topological polar surface area (TPSA) is 91.4 Å². The lowest BCUT2D eigenvalue weighted by molar-refractivity contribution is 0.0529. The molecule has 1 aliphatic heterocycles. The van der Waals surface area contributed by atoms with Gasteiger partial charge in [0.05, 0.1) is 0 Å². The molecule has 1 aliphatic rings. The van der Waals surface area contributed by atoms with E-state index in [1.54, 1.807) is 28.0 Å². The molecule has 8 nitrogen and oxygen atoms in total. The molecule has 136 valence electrons. The first-order valence-electron chi connectivity index (χ1n) is 8.36. The number of benzene rings is 1. The van der Waals surface area contributed by atoms with Gasteiger partial charge < -0.3 is 14.5 Å². The van der Waals surface area contributed by atoms with Crippen LogP contribution >= 0.6 is 0 Å². The standard InChI is InChI=1S/C18H21N5O3/c1-13(2)11-26-15-5-3-4-14(10-15)17(24)22-6-8-23(9-7-22)18(25)16-19-12-20-21-16/h3-5,10,12H,1,6-9,11H2,2H3,(H,19,20,21). The van der Waals surface area contributed by atoms with Gasteiger partial charge in [-0.2, -0.15) is 5.10 Å². The van der Waals surface area contributed by atoms with Crippen molar-refractivity contribution < 1.29 is 14.3 Å². The van der Waals surface area contributed by atoms with Crippen molar-refractivity contribution in [2.24, 2.45) is 0 Å². The molecule has 2 amide bonds. The zero-order valence-corrected chi connectivity index (χ0v) is 14.6. The summed E-state index contributed by atoms with van der Waals surface area (Å²) >= 11 is 0. The molecule has 1 aromatic carbocycles. The molecule has 2 aromatic rings. The minimum Gasteiger partial charge on any atom is -0.489 e. The summed E-state index contributed by atoms with van der Waals surface area (Å²) in [6.07, 6.45) is 1.30. The summed E-state index contributed by atoms with van der Waals surface area (Å²) in [6.45, 7) is 7.94. The molecule has 1 N–H and O–H groups in total. The van der Waals surface area contributed by atoms with Crippen molar-refractivity contribution in [3.8, 4) is 5.75 Å². The lowest BCUT2D eigenvalue weighted by Crippen LogP contribution is -2.50. The lowest BCUT2D eigenvalue weighted by Gasteiger charge is -2.34. The fraction of sp³-hybridized carbons (Fsp3) is 0.333. The van der Waals surface area contributed by atoms with Crippen molar-refractivity contribution in [2.45, 2.75) is 6.92 Å². The maximum absolute atomic E-state index is 12.7. The maximum Gasteiger partial charge on any atom is 0.291 e. The molecule has 26 heavy (non-hydrogen) atoms. The number of carbonyl (C=O) groups excluding carboxylic acids is 2. The van der Waals surface area contributed by atoms with Gasteiger partial charge in [-0.3, -0.25) is 14.7 Å². The van der Waals surface area contributed by atoms with Crippen LogP contribution in [0.3, 0.4) is 0 Å². The van der Waals surface area contributed by atoms with Crippen molar-refractivity contribution in [3.63, 3.8) is 0 Å². The molecule has 3 rings (SSSR count). The molecule has 1 fully saturated rings. The van der Waals surface area contributed by atoms with E-state index >= 15 is 0 Å². The van der Waals surface area contributed by atoms with Gasteiger partial charge in [-0.1, -0.05) is 12.6 Å². The van der Waals surface area contributed by atoms with E-state index in [0.29, 0.717) is 44.1 Å². The van der Waals surface area contributed by atoms with Gasteiger partial charge in [0.25, 0.3) is 11.8 Å². The van der Waals surface area contributed by atoms with Gasteiger partial charge in [-0.15, -0.1) is 0 Å². The molecule has 1 saturated heterocycles. The Morgan fingerprint density at radius 3 is 2.50 bits per heavy atom. The van der Waals surface area contributed by atoms with Gasteiger partial charge in [0.2, 0.25) is 5.82 Å². The number of carbonyl (C=O) groups is 2. The minimum atomic E-state index is -0.204. The van der Waals surface area contributed by atoms with Crippen LogP contribution in [-0.2, 0) is 0 Å². The molecule has 0 atom stereocenters. The molecule has 0 saturated carbocycles. The second-order valence-electron chi connectivity index (χ2n) is 6.19. The zero-order chi connectivity index (χ0) is 18.5. The first kappa shape index (κ1) is 17.7. The van der Waals surface area contributed by atoms with Gasteiger partial charge in [0.1, 0.15) is 18.7 Å². The van der Waals surface area contributed by atoms with Gasteiger partial charge in [0, 0.05) is 31.7 Å². The number of nitrogens with one attached hydrogen (secondary N) is 1. The highest BCUT2D eigenvalue weighted by Gasteiger charge is 2.26. The van der Waals surface area contributed by atoms with Crippen LogP contribution < -0.4 is 4.74 Å². The fourth-order valence-electron chi connectivity index (χ4n) is 2.68. The Morgan fingerprint density at radius 2 is 1.88 bits per heavy atom. The van der Waals surface area contributed by atoms with Gasteiger partial charge in [-0.05, 0) is 30.7 Å². The normalized spacial score (nSPS) is 14.2. The maximum atomic E-state index is 12.7. The number of H-pyrrole nitrogens is 1. The quantitative estimate of drug-likeness (QED) is 0.818. The fourth-order valence-corrected chi connectivity index (χ4v) is 2.68. The average molecular weight is 355 g/mol. The monoisotopic (exact) mass is 355 g/mol. The molecular formula is C18H21N5O3. The van der Waals surface area contributed by atoms with E-state index in [4.69, 9.17) is 4.74 Å². The number of rotatable bonds is 5. The summed E-state index contributed by atoms with van der Waals surface area (Å²) in [5.41, 5.74) is 1.48. The first-order chi connectivity index (χ1) is 12.5. The molecule has 0 spiro atoms. The summed E-state index contributed by atoms with van der Waals surface area (Å²) < 4.78 is 5.60. The largest absolute Gasteiger partial charge is 0.489 e. The number of hydrogen-bond acceptors (Lipinski definition) is 5. The third kappa shape index (κ3) is 4.08. The number of aromatic nitrogens is 3. The molecule has 0 aliphatic carbocycles. The van der Waals surface area contributed by atoms with E-state index in [-0.39, 0.29) is 17.6 Å². The number of aromatic amines is 1. The highest BCUT2D eigenvalue weighted by atomic mass is 16.5. The zero-order valence-electron chi connectivity index (χ0n) is 14.6.